The van der Waals surface area contributed by atoms with E-state index in [9.17, 15) is 0 Å². The Balaban J connectivity index is 1.99. The summed E-state index contributed by atoms with van der Waals surface area (Å²) in [5.74, 6) is 1.63. The summed E-state index contributed by atoms with van der Waals surface area (Å²) < 4.78 is 1.93. The van der Waals surface area contributed by atoms with Crippen LogP contribution >= 0.6 is 0 Å². The molecular weight excluding hydrogens is 262 g/mol. The number of benzene rings is 1. The molecule has 108 valence electrons. The zero-order chi connectivity index (χ0) is 14.7. The smallest absolute Gasteiger partial charge is 0.163 e. The largest absolute Gasteiger partial charge is 0.369 e. The molecule has 2 heterocycles. The lowest BCUT2D eigenvalue weighted by Gasteiger charge is -2.07. The van der Waals surface area contributed by atoms with Gasteiger partial charge >= 0.3 is 0 Å². The highest BCUT2D eigenvalue weighted by molar-refractivity contribution is 5.86. The van der Waals surface area contributed by atoms with E-state index < -0.39 is 0 Å². The highest BCUT2D eigenvalue weighted by Gasteiger charge is 2.11. The number of hydrogen-bond donors (Lipinski definition) is 1. The van der Waals surface area contributed by atoms with Crippen LogP contribution in [0, 0.1) is 6.92 Å². The van der Waals surface area contributed by atoms with Crippen LogP contribution in [0.4, 0.5) is 5.82 Å². The molecule has 0 spiro atoms. The van der Waals surface area contributed by atoms with E-state index in [2.05, 4.69) is 39.4 Å². The van der Waals surface area contributed by atoms with Gasteiger partial charge in [0, 0.05) is 6.54 Å². The number of fused-ring (bicyclic) bond motifs is 1. The third-order valence-electron chi connectivity index (χ3n) is 3.33. The lowest BCUT2D eigenvalue weighted by Crippen LogP contribution is -2.06. The van der Waals surface area contributed by atoms with Crippen molar-refractivity contribution in [3.05, 3.63) is 47.9 Å². The molecule has 0 aliphatic heterocycles. The first kappa shape index (κ1) is 13.5. The van der Waals surface area contributed by atoms with E-state index in [1.165, 1.54) is 5.56 Å². The van der Waals surface area contributed by atoms with Crippen LogP contribution in [-0.4, -0.2) is 26.3 Å². The lowest BCUT2D eigenvalue weighted by atomic mass is 10.2. The van der Waals surface area contributed by atoms with Crippen molar-refractivity contribution in [3.63, 3.8) is 0 Å². The van der Waals surface area contributed by atoms with Crippen molar-refractivity contribution in [2.24, 2.45) is 0 Å². The average Bonchev–Trinajstić information content (AvgIpc) is 2.89. The Morgan fingerprint density at radius 3 is 2.71 bits per heavy atom. The molecule has 0 radical (unpaired) electrons. The molecule has 3 rings (SSSR count). The second-order valence-electron chi connectivity index (χ2n) is 5.07. The Morgan fingerprint density at radius 1 is 1.14 bits per heavy atom. The fourth-order valence-electron chi connectivity index (χ4n) is 2.31. The molecule has 5 heteroatoms. The number of rotatable bonds is 5. The SMILES string of the molecule is CCCNc1nc(C)nc2c1cnn2Cc1ccccc1. The zero-order valence-corrected chi connectivity index (χ0v) is 12.4. The van der Waals surface area contributed by atoms with Gasteiger partial charge in [0.05, 0.1) is 18.1 Å². The monoisotopic (exact) mass is 281 g/mol. The Morgan fingerprint density at radius 2 is 1.95 bits per heavy atom. The maximum atomic E-state index is 4.55. The van der Waals surface area contributed by atoms with E-state index >= 15 is 0 Å². The molecule has 1 aromatic carbocycles. The minimum absolute atomic E-state index is 0.716. The standard InChI is InChI=1S/C16H19N5/c1-3-9-17-15-14-10-18-21(16(14)20-12(2)19-15)11-13-7-5-4-6-8-13/h4-8,10H,3,9,11H2,1-2H3,(H,17,19,20). The first-order chi connectivity index (χ1) is 10.3. The van der Waals surface area contributed by atoms with E-state index in [1.54, 1.807) is 0 Å². The molecule has 0 amide bonds. The van der Waals surface area contributed by atoms with Gasteiger partial charge in [0.1, 0.15) is 11.6 Å². The summed E-state index contributed by atoms with van der Waals surface area (Å²) in [6, 6.07) is 10.3. The van der Waals surface area contributed by atoms with E-state index in [0.717, 1.165) is 35.6 Å². The van der Waals surface area contributed by atoms with Crippen molar-refractivity contribution in [2.75, 3.05) is 11.9 Å². The minimum atomic E-state index is 0.716. The van der Waals surface area contributed by atoms with Crippen molar-refractivity contribution in [3.8, 4) is 0 Å². The van der Waals surface area contributed by atoms with Gasteiger partial charge in [0.2, 0.25) is 0 Å². The van der Waals surface area contributed by atoms with Crippen molar-refractivity contribution in [2.45, 2.75) is 26.8 Å². The highest BCUT2D eigenvalue weighted by atomic mass is 15.3. The van der Waals surface area contributed by atoms with Crippen LogP contribution in [0.15, 0.2) is 36.5 Å². The number of aromatic nitrogens is 4. The number of hydrogen-bond acceptors (Lipinski definition) is 4. The minimum Gasteiger partial charge on any atom is -0.369 e. The second-order valence-corrected chi connectivity index (χ2v) is 5.07. The molecule has 0 atom stereocenters. The molecule has 5 nitrogen and oxygen atoms in total. The third kappa shape index (κ3) is 2.86. The van der Waals surface area contributed by atoms with E-state index in [0.29, 0.717) is 6.54 Å². The van der Waals surface area contributed by atoms with Crippen molar-refractivity contribution >= 4 is 16.9 Å². The van der Waals surface area contributed by atoms with Crippen molar-refractivity contribution < 1.29 is 0 Å². The first-order valence-electron chi connectivity index (χ1n) is 7.26. The molecule has 0 saturated heterocycles. The van der Waals surface area contributed by atoms with Gasteiger partial charge in [-0.05, 0) is 18.9 Å². The topological polar surface area (TPSA) is 55.6 Å². The van der Waals surface area contributed by atoms with Gasteiger partial charge in [-0.1, -0.05) is 37.3 Å². The molecule has 1 N–H and O–H groups in total. The predicted octanol–water partition coefficient (Wildman–Crippen LogP) is 3.00. The van der Waals surface area contributed by atoms with E-state index in [1.807, 2.05) is 36.0 Å². The summed E-state index contributed by atoms with van der Waals surface area (Å²) in [6.45, 7) is 5.66. The van der Waals surface area contributed by atoms with Crippen LogP contribution in [0.1, 0.15) is 24.7 Å². The molecule has 0 saturated carbocycles. The Bertz CT molecular complexity index is 733. The van der Waals surface area contributed by atoms with Crippen LogP contribution in [0.5, 0.6) is 0 Å². The highest BCUT2D eigenvalue weighted by Crippen LogP contribution is 2.20. The summed E-state index contributed by atoms with van der Waals surface area (Å²) in [6.07, 6.45) is 2.90. The summed E-state index contributed by atoms with van der Waals surface area (Å²) in [5, 5.41) is 8.80. The summed E-state index contributed by atoms with van der Waals surface area (Å²) >= 11 is 0. The molecule has 0 unspecified atom stereocenters. The fourth-order valence-corrected chi connectivity index (χ4v) is 2.31. The summed E-state index contributed by atoms with van der Waals surface area (Å²) in [4.78, 5) is 9.03. The second kappa shape index (κ2) is 5.91. The van der Waals surface area contributed by atoms with Crippen molar-refractivity contribution in [1.82, 2.24) is 19.7 Å². The van der Waals surface area contributed by atoms with Crippen LogP contribution in [0.3, 0.4) is 0 Å². The normalized spacial score (nSPS) is 11.0. The first-order valence-corrected chi connectivity index (χ1v) is 7.26. The maximum absolute atomic E-state index is 4.55. The molecule has 0 bridgehead atoms. The van der Waals surface area contributed by atoms with Gasteiger partial charge in [0.25, 0.3) is 0 Å². The predicted molar refractivity (Wildman–Crippen MR) is 84.4 cm³/mol. The Hall–Kier alpha value is -2.43. The van der Waals surface area contributed by atoms with Crippen LogP contribution in [0.25, 0.3) is 11.0 Å². The number of anilines is 1. The molecule has 0 aliphatic carbocycles. The van der Waals surface area contributed by atoms with Crippen LogP contribution < -0.4 is 5.32 Å². The van der Waals surface area contributed by atoms with Gasteiger partial charge in [-0.15, -0.1) is 0 Å². The quantitative estimate of drug-likeness (QED) is 0.781. The number of aryl methyl sites for hydroxylation is 1. The van der Waals surface area contributed by atoms with Gasteiger partial charge in [-0.25, -0.2) is 14.6 Å². The summed E-state index contributed by atoms with van der Waals surface area (Å²) in [7, 11) is 0. The molecule has 21 heavy (non-hydrogen) atoms. The van der Waals surface area contributed by atoms with Crippen LogP contribution in [-0.2, 0) is 6.54 Å². The van der Waals surface area contributed by atoms with E-state index in [-0.39, 0.29) is 0 Å². The molecule has 2 aromatic heterocycles. The van der Waals surface area contributed by atoms with Crippen LogP contribution in [0.2, 0.25) is 0 Å². The van der Waals surface area contributed by atoms with Gasteiger partial charge in [-0.2, -0.15) is 5.10 Å². The van der Waals surface area contributed by atoms with E-state index in [4.69, 9.17) is 0 Å². The number of nitrogens with zero attached hydrogens (tertiary/aromatic N) is 4. The zero-order valence-electron chi connectivity index (χ0n) is 12.4. The third-order valence-corrected chi connectivity index (χ3v) is 3.33. The lowest BCUT2D eigenvalue weighted by molar-refractivity contribution is 0.702. The van der Waals surface area contributed by atoms with Crippen molar-refractivity contribution in [1.29, 1.82) is 0 Å². The van der Waals surface area contributed by atoms with Gasteiger partial charge in [-0.3, -0.25) is 0 Å². The molecule has 0 aliphatic rings. The fraction of sp³-hybridized carbons (Fsp3) is 0.312. The molecular formula is C16H19N5. The Labute approximate surface area is 124 Å². The summed E-state index contributed by atoms with van der Waals surface area (Å²) in [5.41, 5.74) is 2.09. The Kier molecular flexibility index (Phi) is 3.81. The maximum Gasteiger partial charge on any atom is 0.163 e. The van der Waals surface area contributed by atoms with Gasteiger partial charge < -0.3 is 5.32 Å². The van der Waals surface area contributed by atoms with Gasteiger partial charge in [0.15, 0.2) is 5.65 Å². The molecule has 0 fully saturated rings. The number of nitrogens with one attached hydrogen (secondary N) is 1. The molecule has 3 aromatic rings. The average molecular weight is 281 g/mol.